The molecule has 1 heterocycles. The Kier molecular flexibility index (Phi) is 3.66. The fourth-order valence-corrected chi connectivity index (χ4v) is 1.52. The summed E-state index contributed by atoms with van der Waals surface area (Å²) in [5, 5.41) is 7.42. The van der Waals surface area contributed by atoms with Crippen molar-refractivity contribution in [3.05, 3.63) is 23.4 Å². The fraction of sp³-hybridized carbons (Fsp3) is 0.455. The second-order valence-corrected chi connectivity index (χ2v) is 3.44. The summed E-state index contributed by atoms with van der Waals surface area (Å²) in [6, 6.07) is 3.69. The summed E-state index contributed by atoms with van der Waals surface area (Å²) >= 11 is 0. The maximum atomic E-state index is 7.42. The first-order valence-corrected chi connectivity index (χ1v) is 5.16. The highest BCUT2D eigenvalue weighted by Gasteiger charge is 2.07. The summed E-state index contributed by atoms with van der Waals surface area (Å²) in [4.78, 5) is 6.57. The average molecular weight is 206 g/mol. The minimum absolute atomic E-state index is 0.0916. The number of amidine groups is 1. The lowest BCUT2D eigenvalue weighted by Crippen LogP contribution is -2.24. The number of aromatic nitrogens is 1. The second-order valence-electron chi connectivity index (χ2n) is 3.44. The van der Waals surface area contributed by atoms with Crippen molar-refractivity contribution >= 4 is 11.7 Å². The highest BCUT2D eigenvalue weighted by atomic mass is 15.2. The molecule has 0 fully saturated rings. The largest absolute Gasteiger partial charge is 0.384 e. The Morgan fingerprint density at radius 2 is 2.00 bits per heavy atom. The van der Waals surface area contributed by atoms with E-state index in [9.17, 15) is 0 Å². The van der Waals surface area contributed by atoms with Crippen LogP contribution >= 0.6 is 0 Å². The van der Waals surface area contributed by atoms with Crippen molar-refractivity contribution in [1.29, 1.82) is 5.41 Å². The smallest absolute Gasteiger partial charge is 0.129 e. The van der Waals surface area contributed by atoms with Crippen molar-refractivity contribution in [3.63, 3.8) is 0 Å². The van der Waals surface area contributed by atoms with Gasteiger partial charge in [-0.15, -0.1) is 0 Å². The van der Waals surface area contributed by atoms with Crippen LogP contribution in [0.15, 0.2) is 12.1 Å². The molecule has 4 heteroatoms. The Labute approximate surface area is 90.6 Å². The molecule has 1 rings (SSSR count). The zero-order valence-electron chi connectivity index (χ0n) is 9.54. The van der Waals surface area contributed by atoms with Gasteiger partial charge in [-0.1, -0.05) is 0 Å². The minimum Gasteiger partial charge on any atom is -0.384 e. The molecule has 0 unspecified atom stereocenters. The van der Waals surface area contributed by atoms with Crippen LogP contribution in [0, 0.1) is 12.3 Å². The van der Waals surface area contributed by atoms with Gasteiger partial charge in [0.15, 0.2) is 0 Å². The van der Waals surface area contributed by atoms with Crippen molar-refractivity contribution in [2.45, 2.75) is 20.8 Å². The van der Waals surface area contributed by atoms with Gasteiger partial charge >= 0.3 is 0 Å². The summed E-state index contributed by atoms with van der Waals surface area (Å²) in [5.41, 5.74) is 7.10. The van der Waals surface area contributed by atoms with Gasteiger partial charge < -0.3 is 10.6 Å². The average Bonchev–Trinajstić information content (AvgIpc) is 2.18. The molecule has 0 amide bonds. The van der Waals surface area contributed by atoms with Crippen molar-refractivity contribution in [1.82, 2.24) is 4.98 Å². The predicted molar refractivity (Wildman–Crippen MR) is 63.6 cm³/mol. The number of hydrogen-bond donors (Lipinski definition) is 2. The predicted octanol–water partition coefficient (Wildman–Crippen LogP) is 1.52. The van der Waals surface area contributed by atoms with Crippen LogP contribution < -0.4 is 10.6 Å². The molecule has 0 atom stereocenters. The third kappa shape index (κ3) is 2.68. The van der Waals surface area contributed by atoms with E-state index in [1.807, 2.05) is 19.1 Å². The van der Waals surface area contributed by atoms with E-state index < -0.39 is 0 Å². The first kappa shape index (κ1) is 11.5. The molecule has 0 radical (unpaired) electrons. The number of anilines is 1. The maximum absolute atomic E-state index is 7.42. The van der Waals surface area contributed by atoms with Gasteiger partial charge in [0, 0.05) is 24.3 Å². The van der Waals surface area contributed by atoms with Gasteiger partial charge in [0.1, 0.15) is 11.7 Å². The van der Waals surface area contributed by atoms with Gasteiger partial charge in [0.05, 0.1) is 0 Å². The first-order valence-electron chi connectivity index (χ1n) is 5.16. The Bertz CT molecular complexity index is 356. The van der Waals surface area contributed by atoms with Crippen LogP contribution in [0.3, 0.4) is 0 Å². The molecular weight excluding hydrogens is 188 g/mol. The lowest BCUT2D eigenvalue weighted by molar-refractivity contribution is 0.842. The van der Waals surface area contributed by atoms with E-state index in [1.54, 1.807) is 0 Å². The zero-order valence-corrected chi connectivity index (χ0v) is 9.54. The standard InChI is InChI=1S/C11H18N4/c1-4-15(5-2)10-7-9(11(12)13)6-8(3)14-10/h6-7H,4-5H2,1-3H3,(H3,12,13). The van der Waals surface area contributed by atoms with Crippen molar-refractivity contribution in [2.24, 2.45) is 5.73 Å². The number of nitrogens with two attached hydrogens (primary N) is 1. The number of nitrogens with one attached hydrogen (secondary N) is 1. The van der Waals surface area contributed by atoms with Crippen LogP contribution in [0.5, 0.6) is 0 Å². The van der Waals surface area contributed by atoms with Crippen LogP contribution in [0.25, 0.3) is 0 Å². The minimum atomic E-state index is 0.0916. The Morgan fingerprint density at radius 3 is 2.47 bits per heavy atom. The van der Waals surface area contributed by atoms with Crippen LogP contribution in [-0.4, -0.2) is 23.9 Å². The number of rotatable bonds is 4. The Morgan fingerprint density at radius 1 is 1.40 bits per heavy atom. The monoisotopic (exact) mass is 206 g/mol. The summed E-state index contributed by atoms with van der Waals surface area (Å²) in [6.45, 7) is 7.90. The SMILES string of the molecule is CCN(CC)c1cc(C(=N)N)cc(C)n1. The summed E-state index contributed by atoms with van der Waals surface area (Å²) in [5.74, 6) is 0.985. The molecule has 0 spiro atoms. The summed E-state index contributed by atoms with van der Waals surface area (Å²) in [6.07, 6.45) is 0. The first-order chi connectivity index (χ1) is 7.08. The quantitative estimate of drug-likeness (QED) is 0.580. The third-order valence-electron chi connectivity index (χ3n) is 2.34. The molecule has 0 aliphatic rings. The molecule has 0 aliphatic carbocycles. The maximum Gasteiger partial charge on any atom is 0.129 e. The summed E-state index contributed by atoms with van der Waals surface area (Å²) < 4.78 is 0. The molecular formula is C11H18N4. The highest BCUT2D eigenvalue weighted by molar-refractivity contribution is 5.95. The number of pyridine rings is 1. The molecule has 0 saturated heterocycles. The molecule has 1 aromatic heterocycles. The normalized spacial score (nSPS) is 10.1. The second kappa shape index (κ2) is 4.77. The van der Waals surface area contributed by atoms with E-state index in [0.29, 0.717) is 0 Å². The van der Waals surface area contributed by atoms with E-state index in [0.717, 1.165) is 30.2 Å². The highest BCUT2D eigenvalue weighted by Crippen LogP contribution is 2.14. The van der Waals surface area contributed by atoms with Gasteiger partial charge in [-0.25, -0.2) is 4.98 Å². The molecule has 0 aromatic carbocycles. The molecule has 15 heavy (non-hydrogen) atoms. The lowest BCUT2D eigenvalue weighted by atomic mass is 10.2. The van der Waals surface area contributed by atoms with Crippen molar-refractivity contribution in [3.8, 4) is 0 Å². The van der Waals surface area contributed by atoms with Crippen LogP contribution in [0.1, 0.15) is 25.1 Å². The number of hydrogen-bond acceptors (Lipinski definition) is 3. The molecule has 0 aliphatic heterocycles. The van der Waals surface area contributed by atoms with Crippen LogP contribution in [0.2, 0.25) is 0 Å². The van der Waals surface area contributed by atoms with Gasteiger partial charge in [0.25, 0.3) is 0 Å². The molecule has 0 bridgehead atoms. The van der Waals surface area contributed by atoms with Gasteiger partial charge in [-0.3, -0.25) is 5.41 Å². The van der Waals surface area contributed by atoms with E-state index in [4.69, 9.17) is 11.1 Å². The van der Waals surface area contributed by atoms with Gasteiger partial charge in [0.2, 0.25) is 0 Å². The number of aryl methyl sites for hydroxylation is 1. The van der Waals surface area contributed by atoms with E-state index in [1.165, 1.54) is 0 Å². The van der Waals surface area contributed by atoms with Crippen LogP contribution in [0.4, 0.5) is 5.82 Å². The molecule has 82 valence electrons. The van der Waals surface area contributed by atoms with E-state index in [-0.39, 0.29) is 5.84 Å². The van der Waals surface area contributed by atoms with E-state index in [2.05, 4.69) is 23.7 Å². The number of nitrogen functional groups attached to an aromatic ring is 1. The molecule has 0 saturated carbocycles. The van der Waals surface area contributed by atoms with Crippen molar-refractivity contribution < 1.29 is 0 Å². The van der Waals surface area contributed by atoms with Crippen molar-refractivity contribution in [2.75, 3.05) is 18.0 Å². The van der Waals surface area contributed by atoms with Crippen LogP contribution in [-0.2, 0) is 0 Å². The van der Waals surface area contributed by atoms with Gasteiger partial charge in [-0.05, 0) is 32.9 Å². The molecule has 1 aromatic rings. The third-order valence-corrected chi connectivity index (χ3v) is 2.34. The molecule has 4 nitrogen and oxygen atoms in total. The zero-order chi connectivity index (χ0) is 11.4. The van der Waals surface area contributed by atoms with E-state index >= 15 is 0 Å². The van der Waals surface area contributed by atoms with Gasteiger partial charge in [-0.2, -0.15) is 0 Å². The Hall–Kier alpha value is -1.58. The fourth-order valence-electron chi connectivity index (χ4n) is 1.52. The lowest BCUT2D eigenvalue weighted by Gasteiger charge is -2.20. The Balaban J connectivity index is 3.13. The summed E-state index contributed by atoms with van der Waals surface area (Å²) in [7, 11) is 0. The molecule has 3 N–H and O–H groups in total. The topological polar surface area (TPSA) is 66.0 Å². The number of nitrogens with zero attached hydrogens (tertiary/aromatic N) is 2.